The molecular weight excluding hydrogens is 368 g/mol. The first-order valence-electron chi connectivity index (χ1n) is 10.3. The van der Waals surface area contributed by atoms with E-state index < -0.39 is 22.1 Å². The molecule has 28 heavy (non-hydrogen) atoms. The molecule has 0 aliphatic rings. The number of sulfonamides is 1. The van der Waals surface area contributed by atoms with Crippen LogP contribution in [0, 0.1) is 5.92 Å². The number of benzene rings is 2. The van der Waals surface area contributed by atoms with E-state index in [0.717, 1.165) is 43.2 Å². The molecule has 0 saturated heterocycles. The molecule has 2 aromatic carbocycles. The fourth-order valence-electron chi connectivity index (χ4n) is 3.64. The second kappa shape index (κ2) is 11.3. The van der Waals surface area contributed by atoms with Gasteiger partial charge in [0, 0.05) is 0 Å². The smallest absolute Gasteiger partial charge is 0.212 e. The van der Waals surface area contributed by atoms with E-state index in [1.165, 1.54) is 0 Å². The third-order valence-corrected chi connectivity index (χ3v) is 6.65. The summed E-state index contributed by atoms with van der Waals surface area (Å²) in [4.78, 5) is 0. The lowest BCUT2D eigenvalue weighted by Crippen LogP contribution is -2.38. The second-order valence-corrected chi connectivity index (χ2v) is 9.32. The SMILES string of the molecule is CCCCC(CCC)CS(=O)(=O)NC(c1ccccc1)C(N)c1ccccc1. The summed E-state index contributed by atoms with van der Waals surface area (Å²) in [5, 5.41) is 0. The fraction of sp³-hybridized carbons (Fsp3) is 0.478. The summed E-state index contributed by atoms with van der Waals surface area (Å²) in [6, 6.07) is 18.3. The van der Waals surface area contributed by atoms with Crippen LogP contribution >= 0.6 is 0 Å². The Morgan fingerprint density at radius 3 is 1.96 bits per heavy atom. The lowest BCUT2D eigenvalue weighted by atomic mass is 9.95. The first kappa shape index (κ1) is 22.6. The molecule has 2 rings (SSSR count). The van der Waals surface area contributed by atoms with E-state index in [1.54, 1.807) is 0 Å². The van der Waals surface area contributed by atoms with Gasteiger partial charge < -0.3 is 5.73 Å². The van der Waals surface area contributed by atoms with Crippen molar-refractivity contribution in [2.24, 2.45) is 11.7 Å². The lowest BCUT2D eigenvalue weighted by Gasteiger charge is -2.27. The largest absolute Gasteiger partial charge is 0.322 e. The summed E-state index contributed by atoms with van der Waals surface area (Å²) in [6.45, 7) is 4.25. The van der Waals surface area contributed by atoms with E-state index in [0.29, 0.717) is 0 Å². The molecule has 2 aromatic rings. The van der Waals surface area contributed by atoms with Crippen LogP contribution in [0.25, 0.3) is 0 Å². The molecule has 0 aromatic heterocycles. The molecule has 0 spiro atoms. The van der Waals surface area contributed by atoms with Crippen LogP contribution in [0.3, 0.4) is 0 Å². The molecule has 0 aliphatic carbocycles. The van der Waals surface area contributed by atoms with Crippen molar-refractivity contribution in [3.63, 3.8) is 0 Å². The Labute approximate surface area is 170 Å². The number of rotatable bonds is 12. The lowest BCUT2D eigenvalue weighted by molar-refractivity contribution is 0.450. The number of nitrogens with one attached hydrogen (secondary N) is 1. The van der Waals surface area contributed by atoms with Gasteiger partial charge in [-0.15, -0.1) is 0 Å². The zero-order valence-corrected chi connectivity index (χ0v) is 17.9. The summed E-state index contributed by atoms with van der Waals surface area (Å²) in [5.41, 5.74) is 8.31. The van der Waals surface area contributed by atoms with Crippen LogP contribution in [0.5, 0.6) is 0 Å². The molecule has 3 atom stereocenters. The summed E-state index contributed by atoms with van der Waals surface area (Å²) in [6.07, 6.45) is 5.02. The van der Waals surface area contributed by atoms with Crippen molar-refractivity contribution in [3.8, 4) is 0 Å². The molecule has 5 heteroatoms. The average Bonchev–Trinajstić information content (AvgIpc) is 2.71. The Morgan fingerprint density at radius 2 is 1.43 bits per heavy atom. The zero-order valence-electron chi connectivity index (χ0n) is 17.1. The maximum absolute atomic E-state index is 13.0. The van der Waals surface area contributed by atoms with Gasteiger partial charge in [0.05, 0.1) is 17.8 Å². The van der Waals surface area contributed by atoms with Crippen molar-refractivity contribution in [1.29, 1.82) is 0 Å². The minimum absolute atomic E-state index is 0.158. The molecular formula is C23H34N2O2S. The summed E-state index contributed by atoms with van der Waals surface area (Å²) in [7, 11) is -3.46. The van der Waals surface area contributed by atoms with Crippen LogP contribution in [-0.2, 0) is 10.0 Å². The van der Waals surface area contributed by atoms with Gasteiger partial charge in [-0.2, -0.15) is 0 Å². The van der Waals surface area contributed by atoms with Gasteiger partial charge in [-0.3, -0.25) is 0 Å². The van der Waals surface area contributed by atoms with Gasteiger partial charge in [0.25, 0.3) is 0 Å². The molecule has 0 fully saturated rings. The first-order chi connectivity index (χ1) is 13.5. The highest BCUT2D eigenvalue weighted by Crippen LogP contribution is 2.28. The molecule has 0 aliphatic heterocycles. The van der Waals surface area contributed by atoms with Gasteiger partial charge in [-0.05, 0) is 29.9 Å². The average molecular weight is 403 g/mol. The summed E-state index contributed by atoms with van der Waals surface area (Å²) < 4.78 is 29.0. The third kappa shape index (κ3) is 7.04. The van der Waals surface area contributed by atoms with Crippen LogP contribution < -0.4 is 10.5 Å². The Balaban J connectivity index is 2.23. The third-order valence-electron chi connectivity index (χ3n) is 5.13. The summed E-state index contributed by atoms with van der Waals surface area (Å²) in [5.74, 6) is 0.345. The predicted octanol–water partition coefficient (Wildman–Crippen LogP) is 4.95. The Bertz CT molecular complexity index is 779. The summed E-state index contributed by atoms with van der Waals surface area (Å²) >= 11 is 0. The maximum Gasteiger partial charge on any atom is 0.212 e. The van der Waals surface area contributed by atoms with E-state index in [1.807, 2.05) is 60.7 Å². The topological polar surface area (TPSA) is 72.2 Å². The molecule has 0 bridgehead atoms. The van der Waals surface area contributed by atoms with Crippen molar-refractivity contribution in [3.05, 3.63) is 71.8 Å². The Morgan fingerprint density at radius 1 is 0.857 bits per heavy atom. The Hall–Kier alpha value is -1.69. The highest BCUT2D eigenvalue weighted by Gasteiger charge is 2.28. The van der Waals surface area contributed by atoms with Gasteiger partial charge >= 0.3 is 0 Å². The van der Waals surface area contributed by atoms with Gasteiger partial charge in [0.2, 0.25) is 10.0 Å². The van der Waals surface area contributed by atoms with Crippen molar-refractivity contribution in [1.82, 2.24) is 4.72 Å². The normalized spacial score (nSPS) is 15.1. The van der Waals surface area contributed by atoms with Crippen LogP contribution in [0.15, 0.2) is 60.7 Å². The quantitative estimate of drug-likeness (QED) is 0.527. The number of nitrogens with two attached hydrogens (primary N) is 1. The van der Waals surface area contributed by atoms with Gasteiger partial charge in [0.1, 0.15) is 0 Å². The van der Waals surface area contributed by atoms with Crippen molar-refractivity contribution in [2.45, 2.75) is 58.0 Å². The Kier molecular flexibility index (Phi) is 9.16. The highest BCUT2D eigenvalue weighted by molar-refractivity contribution is 7.89. The van der Waals surface area contributed by atoms with Crippen molar-refractivity contribution < 1.29 is 8.42 Å². The van der Waals surface area contributed by atoms with E-state index in [9.17, 15) is 8.42 Å². The van der Waals surface area contributed by atoms with Crippen molar-refractivity contribution in [2.75, 3.05) is 5.75 Å². The van der Waals surface area contributed by atoms with Crippen LogP contribution in [0.2, 0.25) is 0 Å². The monoisotopic (exact) mass is 402 g/mol. The molecule has 0 amide bonds. The van der Waals surface area contributed by atoms with Crippen LogP contribution in [0.4, 0.5) is 0 Å². The highest BCUT2D eigenvalue weighted by atomic mass is 32.2. The number of unbranched alkanes of at least 4 members (excludes halogenated alkanes) is 1. The van der Waals surface area contributed by atoms with E-state index >= 15 is 0 Å². The molecule has 0 heterocycles. The molecule has 0 radical (unpaired) electrons. The maximum atomic E-state index is 13.0. The number of hydrogen-bond donors (Lipinski definition) is 2. The van der Waals surface area contributed by atoms with Crippen LogP contribution in [0.1, 0.15) is 69.2 Å². The molecule has 154 valence electrons. The van der Waals surface area contributed by atoms with Crippen molar-refractivity contribution >= 4 is 10.0 Å². The predicted molar refractivity (Wildman–Crippen MR) is 117 cm³/mol. The van der Waals surface area contributed by atoms with Gasteiger partial charge in [-0.1, -0.05) is 93.8 Å². The fourth-order valence-corrected chi connectivity index (χ4v) is 5.36. The molecule has 3 N–H and O–H groups in total. The van der Waals surface area contributed by atoms with E-state index in [4.69, 9.17) is 5.73 Å². The minimum atomic E-state index is -3.46. The van der Waals surface area contributed by atoms with Gasteiger partial charge in [-0.25, -0.2) is 13.1 Å². The standard InChI is InChI=1S/C23H34N2O2S/c1-3-5-13-19(12-4-2)18-28(26,27)25-23(21-16-10-7-11-17-21)22(24)20-14-8-6-9-15-20/h6-11,14-17,19,22-23,25H,3-5,12-13,18,24H2,1-2H3. The number of hydrogen-bond acceptors (Lipinski definition) is 3. The van der Waals surface area contributed by atoms with Gasteiger partial charge in [0.15, 0.2) is 0 Å². The molecule has 3 unspecified atom stereocenters. The zero-order chi connectivity index (χ0) is 20.4. The second-order valence-electron chi connectivity index (χ2n) is 7.52. The van der Waals surface area contributed by atoms with Crippen LogP contribution in [-0.4, -0.2) is 14.2 Å². The molecule has 4 nitrogen and oxygen atoms in total. The minimum Gasteiger partial charge on any atom is -0.322 e. The molecule has 0 saturated carbocycles. The van der Waals surface area contributed by atoms with E-state index in [2.05, 4.69) is 18.6 Å². The first-order valence-corrected chi connectivity index (χ1v) is 12.0. The van der Waals surface area contributed by atoms with E-state index in [-0.39, 0.29) is 11.7 Å².